The Bertz CT molecular complexity index is 1670. The van der Waals surface area contributed by atoms with Crippen LogP contribution in [0.3, 0.4) is 0 Å². The van der Waals surface area contributed by atoms with Crippen LogP contribution in [0.2, 0.25) is 0 Å². The van der Waals surface area contributed by atoms with Crippen LogP contribution in [0.4, 0.5) is 39.8 Å². The zero-order valence-corrected chi connectivity index (χ0v) is 23.6. The molecule has 0 spiro atoms. The van der Waals surface area contributed by atoms with Gasteiger partial charge in [-0.15, -0.1) is 10.2 Å². The maximum atomic E-state index is 4.54. The van der Waals surface area contributed by atoms with Crippen LogP contribution >= 0.6 is 0 Å². The Labute approximate surface area is 241 Å². The van der Waals surface area contributed by atoms with Gasteiger partial charge in [-0.05, 0) is 91.2 Å². The van der Waals surface area contributed by atoms with Gasteiger partial charge >= 0.3 is 0 Å². The number of anilines is 1. The lowest BCUT2D eigenvalue weighted by atomic mass is 10.1. The van der Waals surface area contributed by atoms with Crippen molar-refractivity contribution in [2.75, 3.05) is 19.0 Å². The molecule has 0 amide bonds. The molecule has 41 heavy (non-hydrogen) atoms. The van der Waals surface area contributed by atoms with Crippen LogP contribution in [0.5, 0.6) is 0 Å². The lowest BCUT2D eigenvalue weighted by Gasteiger charge is -2.11. The van der Waals surface area contributed by atoms with Gasteiger partial charge in [-0.3, -0.25) is 0 Å². The van der Waals surface area contributed by atoms with Gasteiger partial charge in [-0.25, -0.2) is 0 Å². The summed E-state index contributed by atoms with van der Waals surface area (Å²) in [5, 5.41) is 28.6. The summed E-state index contributed by atoms with van der Waals surface area (Å²) in [6.07, 6.45) is 3.49. The number of nitrogens with zero attached hydrogens (tertiary/aromatic N) is 7. The highest BCUT2D eigenvalue weighted by Gasteiger charge is 2.06. The van der Waals surface area contributed by atoms with Crippen LogP contribution in [-0.4, -0.2) is 14.1 Å². The molecule has 5 aromatic carbocycles. The van der Waals surface area contributed by atoms with E-state index in [0.717, 1.165) is 57.0 Å². The fourth-order valence-corrected chi connectivity index (χ4v) is 4.29. The highest BCUT2D eigenvalue weighted by atomic mass is 15.1. The minimum absolute atomic E-state index is 0.734. The van der Waals surface area contributed by atoms with E-state index in [9.17, 15) is 0 Å². The largest absolute Gasteiger partial charge is 0.378 e. The zero-order chi connectivity index (χ0) is 28.4. The second kappa shape index (κ2) is 13.3. The molecule has 0 bridgehead atoms. The molecule has 0 atom stereocenters. The first kappa shape index (κ1) is 27.5. The van der Waals surface area contributed by atoms with E-state index in [2.05, 4.69) is 54.6 Å². The molecule has 0 fully saturated rings. The molecule has 7 heteroatoms. The third-order valence-electron chi connectivity index (χ3n) is 6.68. The monoisotopic (exact) mass is 539 g/mol. The number of aryl methyl sites for hydroxylation is 1. The number of hydrogen-bond donors (Lipinski definition) is 0. The third kappa shape index (κ3) is 7.33. The Morgan fingerprint density at radius 2 is 0.902 bits per heavy atom. The second-order valence-corrected chi connectivity index (χ2v) is 9.95. The van der Waals surface area contributed by atoms with Crippen LogP contribution < -0.4 is 4.90 Å². The maximum absolute atomic E-state index is 4.54. The molecule has 0 heterocycles. The Kier molecular flexibility index (Phi) is 8.96. The lowest BCUT2D eigenvalue weighted by molar-refractivity contribution is 0.795. The van der Waals surface area contributed by atoms with E-state index < -0.39 is 0 Å². The SMILES string of the molecule is CCCCc1ccc(N=Nc2ccc(N=Nc3ccc(N=Nc4ccc(N(C)C)cc4)c4ccccc34)cc2)cc1. The molecule has 0 aliphatic heterocycles. The van der Waals surface area contributed by atoms with Gasteiger partial charge in [0.25, 0.3) is 0 Å². The Morgan fingerprint density at radius 1 is 0.488 bits per heavy atom. The molecule has 0 aliphatic carbocycles. The maximum Gasteiger partial charge on any atom is 0.0936 e. The molecule has 0 unspecified atom stereocenters. The summed E-state index contributed by atoms with van der Waals surface area (Å²) < 4.78 is 0. The van der Waals surface area contributed by atoms with Crippen molar-refractivity contribution in [1.82, 2.24) is 0 Å². The number of rotatable bonds is 10. The van der Waals surface area contributed by atoms with Crippen molar-refractivity contribution in [3.8, 4) is 0 Å². The fourth-order valence-electron chi connectivity index (χ4n) is 4.29. The van der Waals surface area contributed by atoms with E-state index in [1.165, 1.54) is 18.4 Å². The third-order valence-corrected chi connectivity index (χ3v) is 6.68. The predicted octanol–water partition coefficient (Wildman–Crippen LogP) is 11.5. The predicted molar refractivity (Wildman–Crippen MR) is 169 cm³/mol. The first-order valence-electron chi connectivity index (χ1n) is 13.8. The van der Waals surface area contributed by atoms with Gasteiger partial charge in [-0.2, -0.15) is 20.5 Å². The average Bonchev–Trinajstić information content (AvgIpc) is 3.02. The van der Waals surface area contributed by atoms with Gasteiger partial charge in [0, 0.05) is 30.6 Å². The topological polar surface area (TPSA) is 77.4 Å². The molecule has 0 saturated heterocycles. The first-order chi connectivity index (χ1) is 20.1. The lowest BCUT2D eigenvalue weighted by Crippen LogP contribution is -2.07. The molecule has 5 aromatic rings. The number of benzene rings is 5. The molecule has 204 valence electrons. The van der Waals surface area contributed by atoms with Crippen LogP contribution in [0.25, 0.3) is 10.8 Å². The van der Waals surface area contributed by atoms with E-state index in [0.29, 0.717) is 0 Å². The van der Waals surface area contributed by atoms with E-state index in [-0.39, 0.29) is 0 Å². The standard InChI is InChI=1S/C34H33N7/c1-4-5-8-25-11-13-26(14-12-25)35-36-27-15-17-28(18-16-27)37-39-33-23-24-34(32-10-7-6-9-31(32)33)40-38-29-19-21-30(22-20-29)41(2)3/h6-7,9-24H,4-5,8H2,1-3H3. The van der Waals surface area contributed by atoms with Gasteiger partial charge in [-0.1, -0.05) is 49.7 Å². The van der Waals surface area contributed by atoms with E-state index in [1.807, 2.05) is 111 Å². The van der Waals surface area contributed by atoms with Crippen LogP contribution in [0.1, 0.15) is 25.3 Å². The molecular weight excluding hydrogens is 506 g/mol. The molecule has 5 rings (SSSR count). The Morgan fingerprint density at radius 3 is 1.34 bits per heavy atom. The molecule has 7 nitrogen and oxygen atoms in total. The highest BCUT2D eigenvalue weighted by molar-refractivity contribution is 5.99. The van der Waals surface area contributed by atoms with Gasteiger partial charge in [0.05, 0.1) is 34.1 Å². The number of unbranched alkanes of at least 4 members (excludes halogenated alkanes) is 1. The van der Waals surface area contributed by atoms with Crippen molar-refractivity contribution < 1.29 is 0 Å². The van der Waals surface area contributed by atoms with Gasteiger partial charge in [0.2, 0.25) is 0 Å². The summed E-state index contributed by atoms with van der Waals surface area (Å²) in [6, 6.07) is 35.7. The van der Waals surface area contributed by atoms with E-state index >= 15 is 0 Å². The number of azo groups is 3. The summed E-state index contributed by atoms with van der Waals surface area (Å²) in [5.74, 6) is 0. The van der Waals surface area contributed by atoms with Crippen LogP contribution in [0, 0.1) is 0 Å². The fraction of sp³-hybridized carbons (Fsp3) is 0.176. The molecular formula is C34H33N7. The molecule has 0 aliphatic rings. The van der Waals surface area contributed by atoms with Crippen molar-refractivity contribution in [2.45, 2.75) is 26.2 Å². The Hall–Kier alpha value is -5.04. The number of hydrogen-bond acceptors (Lipinski definition) is 7. The van der Waals surface area contributed by atoms with Crippen molar-refractivity contribution in [2.24, 2.45) is 30.7 Å². The first-order valence-corrected chi connectivity index (χ1v) is 13.8. The van der Waals surface area contributed by atoms with Gasteiger partial charge < -0.3 is 4.90 Å². The normalized spacial score (nSPS) is 11.8. The van der Waals surface area contributed by atoms with Crippen molar-refractivity contribution >= 4 is 50.6 Å². The molecule has 0 aromatic heterocycles. The summed E-state index contributed by atoms with van der Waals surface area (Å²) in [5.41, 5.74) is 7.12. The van der Waals surface area contributed by atoms with Crippen LogP contribution in [-0.2, 0) is 6.42 Å². The van der Waals surface area contributed by atoms with Crippen LogP contribution in [0.15, 0.2) is 140 Å². The average molecular weight is 540 g/mol. The van der Waals surface area contributed by atoms with E-state index in [1.54, 1.807) is 0 Å². The quantitative estimate of drug-likeness (QED) is 0.163. The molecule has 0 radical (unpaired) electrons. The minimum Gasteiger partial charge on any atom is -0.378 e. The van der Waals surface area contributed by atoms with Gasteiger partial charge in [0.15, 0.2) is 0 Å². The molecule has 0 N–H and O–H groups in total. The second-order valence-electron chi connectivity index (χ2n) is 9.95. The minimum atomic E-state index is 0.734. The summed E-state index contributed by atoms with van der Waals surface area (Å²) in [7, 11) is 4.03. The van der Waals surface area contributed by atoms with Crippen molar-refractivity contribution in [3.05, 3.63) is 115 Å². The number of fused-ring (bicyclic) bond motifs is 1. The Balaban J connectivity index is 1.28. The summed E-state index contributed by atoms with van der Waals surface area (Å²) >= 11 is 0. The zero-order valence-electron chi connectivity index (χ0n) is 23.6. The smallest absolute Gasteiger partial charge is 0.0936 e. The van der Waals surface area contributed by atoms with Crippen molar-refractivity contribution in [3.63, 3.8) is 0 Å². The van der Waals surface area contributed by atoms with Gasteiger partial charge in [0.1, 0.15) is 0 Å². The summed E-state index contributed by atoms with van der Waals surface area (Å²) in [4.78, 5) is 2.05. The van der Waals surface area contributed by atoms with Crippen molar-refractivity contribution in [1.29, 1.82) is 0 Å². The molecule has 0 saturated carbocycles. The highest BCUT2D eigenvalue weighted by Crippen LogP contribution is 2.35. The summed E-state index contributed by atoms with van der Waals surface area (Å²) in [6.45, 7) is 2.20. The van der Waals surface area contributed by atoms with E-state index in [4.69, 9.17) is 0 Å².